The van der Waals surface area contributed by atoms with E-state index >= 15 is 0 Å². The maximum Gasteiger partial charge on any atom is 0.244 e. The van der Waals surface area contributed by atoms with Crippen molar-refractivity contribution in [2.24, 2.45) is 5.41 Å². The van der Waals surface area contributed by atoms with E-state index in [2.05, 4.69) is 21.6 Å². The average molecular weight is 246 g/mol. The van der Waals surface area contributed by atoms with Gasteiger partial charge in [0.15, 0.2) is 0 Å². The van der Waals surface area contributed by atoms with Gasteiger partial charge in [-0.1, -0.05) is 19.3 Å². The first-order chi connectivity index (χ1) is 8.59. The molecule has 2 rings (SSSR count). The van der Waals surface area contributed by atoms with E-state index in [4.69, 9.17) is 0 Å². The number of nitrogens with zero attached hydrogens (tertiary/aromatic N) is 2. The average Bonchev–Trinajstić information content (AvgIpc) is 2.71. The van der Waals surface area contributed by atoms with Gasteiger partial charge in [0.2, 0.25) is 5.91 Å². The molecule has 1 aliphatic rings. The second-order valence-corrected chi connectivity index (χ2v) is 5.02. The van der Waals surface area contributed by atoms with Gasteiger partial charge < -0.3 is 5.32 Å². The fraction of sp³-hybridized carbons (Fsp3) is 0.615. The Morgan fingerprint density at radius 3 is 2.56 bits per heavy atom. The Labute approximate surface area is 107 Å². The molecule has 1 heterocycles. The predicted molar refractivity (Wildman–Crippen MR) is 67.8 cm³/mol. The third-order valence-electron chi connectivity index (χ3n) is 3.72. The number of amides is 1. The van der Waals surface area contributed by atoms with Crippen LogP contribution in [-0.4, -0.2) is 16.1 Å². The van der Waals surface area contributed by atoms with Crippen LogP contribution < -0.4 is 5.32 Å². The van der Waals surface area contributed by atoms with E-state index < -0.39 is 5.41 Å². The third kappa shape index (κ3) is 2.10. The Balaban J connectivity index is 2.19. The quantitative estimate of drug-likeness (QED) is 0.840. The van der Waals surface area contributed by atoms with Crippen LogP contribution in [0.3, 0.4) is 0 Å². The molecule has 96 valence electrons. The molecule has 1 fully saturated rings. The minimum atomic E-state index is -0.853. The Hall–Kier alpha value is -1.83. The highest BCUT2D eigenvalue weighted by molar-refractivity contribution is 5.98. The van der Waals surface area contributed by atoms with Crippen LogP contribution in [0, 0.1) is 30.6 Å². The summed E-state index contributed by atoms with van der Waals surface area (Å²) in [6, 6.07) is 2.23. The van der Waals surface area contributed by atoms with E-state index in [9.17, 15) is 10.1 Å². The highest BCUT2D eigenvalue weighted by Crippen LogP contribution is 2.37. The molecule has 2 N–H and O–H groups in total. The van der Waals surface area contributed by atoms with Crippen LogP contribution in [0.1, 0.15) is 43.5 Å². The standard InChI is InChI=1S/C13H18N4O/c1-9-11(10(2)17-16-9)15-12(18)13(8-14)6-4-3-5-7-13/h3-7H2,1-2H3,(H,15,18)(H,16,17). The molecule has 0 radical (unpaired) electrons. The molecular formula is C13H18N4O. The molecular weight excluding hydrogens is 228 g/mol. The van der Waals surface area contributed by atoms with E-state index in [0.717, 1.165) is 30.7 Å². The van der Waals surface area contributed by atoms with Crippen LogP contribution >= 0.6 is 0 Å². The van der Waals surface area contributed by atoms with Crippen molar-refractivity contribution in [2.75, 3.05) is 5.32 Å². The first-order valence-corrected chi connectivity index (χ1v) is 6.33. The number of aryl methyl sites for hydroxylation is 2. The monoisotopic (exact) mass is 246 g/mol. The maximum atomic E-state index is 12.3. The predicted octanol–water partition coefficient (Wildman–Crippen LogP) is 2.44. The molecule has 1 saturated carbocycles. The zero-order valence-electron chi connectivity index (χ0n) is 10.8. The Kier molecular flexibility index (Phi) is 3.37. The van der Waals surface area contributed by atoms with E-state index in [1.54, 1.807) is 0 Å². The molecule has 5 heteroatoms. The normalized spacial score (nSPS) is 18.1. The number of rotatable bonds is 2. The fourth-order valence-corrected chi connectivity index (χ4v) is 2.51. The van der Waals surface area contributed by atoms with Gasteiger partial charge in [0, 0.05) is 0 Å². The first kappa shape index (κ1) is 12.6. The lowest BCUT2D eigenvalue weighted by Crippen LogP contribution is -2.37. The van der Waals surface area contributed by atoms with E-state index in [-0.39, 0.29) is 5.91 Å². The summed E-state index contributed by atoms with van der Waals surface area (Å²) in [5.74, 6) is -0.183. The van der Waals surface area contributed by atoms with E-state index in [0.29, 0.717) is 18.5 Å². The number of hydrogen-bond acceptors (Lipinski definition) is 3. The van der Waals surface area contributed by atoms with Crippen molar-refractivity contribution >= 4 is 11.6 Å². The van der Waals surface area contributed by atoms with Gasteiger partial charge in [-0.3, -0.25) is 9.89 Å². The zero-order valence-corrected chi connectivity index (χ0v) is 10.8. The Morgan fingerprint density at radius 1 is 1.39 bits per heavy atom. The van der Waals surface area contributed by atoms with Gasteiger partial charge >= 0.3 is 0 Å². The molecule has 0 unspecified atom stereocenters. The summed E-state index contributed by atoms with van der Waals surface area (Å²) in [7, 11) is 0. The second-order valence-electron chi connectivity index (χ2n) is 5.02. The molecule has 0 saturated heterocycles. The molecule has 1 aromatic heterocycles. The molecule has 18 heavy (non-hydrogen) atoms. The number of anilines is 1. The van der Waals surface area contributed by atoms with Gasteiger partial charge in [0.05, 0.1) is 23.1 Å². The number of hydrogen-bond donors (Lipinski definition) is 2. The highest BCUT2D eigenvalue weighted by atomic mass is 16.2. The highest BCUT2D eigenvalue weighted by Gasteiger charge is 2.40. The molecule has 1 aliphatic carbocycles. The van der Waals surface area contributed by atoms with Crippen molar-refractivity contribution < 1.29 is 4.79 Å². The van der Waals surface area contributed by atoms with Gasteiger partial charge in [-0.2, -0.15) is 10.4 Å². The molecule has 5 nitrogen and oxygen atoms in total. The lowest BCUT2D eigenvalue weighted by Gasteiger charge is -2.29. The molecule has 1 amide bonds. The minimum absolute atomic E-state index is 0.183. The third-order valence-corrected chi connectivity index (χ3v) is 3.72. The number of aromatic nitrogens is 2. The van der Waals surface area contributed by atoms with Gasteiger partial charge in [0.1, 0.15) is 5.41 Å². The van der Waals surface area contributed by atoms with Crippen LogP contribution in [0.5, 0.6) is 0 Å². The van der Waals surface area contributed by atoms with Gasteiger partial charge in [-0.05, 0) is 26.7 Å². The minimum Gasteiger partial charge on any atom is -0.322 e. The Bertz CT molecular complexity index is 472. The van der Waals surface area contributed by atoms with Crippen molar-refractivity contribution in [3.63, 3.8) is 0 Å². The lowest BCUT2D eigenvalue weighted by atomic mass is 9.74. The first-order valence-electron chi connectivity index (χ1n) is 6.33. The van der Waals surface area contributed by atoms with Gasteiger partial charge in [0.25, 0.3) is 0 Å². The SMILES string of the molecule is Cc1n[nH]c(C)c1NC(=O)C1(C#N)CCCCC1. The summed E-state index contributed by atoms with van der Waals surface area (Å²) < 4.78 is 0. The number of nitriles is 1. The number of carbonyl (C=O) groups excluding carboxylic acids is 1. The van der Waals surface area contributed by atoms with Crippen molar-refractivity contribution in [3.05, 3.63) is 11.4 Å². The number of aromatic amines is 1. The van der Waals surface area contributed by atoms with Crippen molar-refractivity contribution in [1.82, 2.24) is 10.2 Å². The number of carbonyl (C=O) groups is 1. The number of H-pyrrole nitrogens is 1. The molecule has 0 aliphatic heterocycles. The lowest BCUT2D eigenvalue weighted by molar-refractivity contribution is -0.124. The molecule has 0 bridgehead atoms. The molecule has 0 spiro atoms. The smallest absolute Gasteiger partial charge is 0.244 e. The molecule has 0 atom stereocenters. The summed E-state index contributed by atoms with van der Waals surface area (Å²) >= 11 is 0. The summed E-state index contributed by atoms with van der Waals surface area (Å²) in [6.07, 6.45) is 4.33. The fourth-order valence-electron chi connectivity index (χ4n) is 2.51. The topological polar surface area (TPSA) is 81.6 Å². The Morgan fingerprint density at radius 2 is 2.06 bits per heavy atom. The summed E-state index contributed by atoms with van der Waals surface area (Å²) in [6.45, 7) is 3.69. The van der Waals surface area contributed by atoms with Crippen molar-refractivity contribution in [3.8, 4) is 6.07 Å². The van der Waals surface area contributed by atoms with Crippen molar-refractivity contribution in [1.29, 1.82) is 5.26 Å². The van der Waals surface area contributed by atoms with Crippen molar-refractivity contribution in [2.45, 2.75) is 46.0 Å². The molecule has 0 aromatic carbocycles. The second kappa shape index (κ2) is 4.81. The van der Waals surface area contributed by atoms with Crippen LogP contribution in [0.2, 0.25) is 0 Å². The van der Waals surface area contributed by atoms with Gasteiger partial charge in [-0.25, -0.2) is 0 Å². The van der Waals surface area contributed by atoms with E-state index in [1.807, 2.05) is 13.8 Å². The molecule has 1 aromatic rings. The van der Waals surface area contributed by atoms with E-state index in [1.165, 1.54) is 0 Å². The summed E-state index contributed by atoms with van der Waals surface area (Å²) in [5, 5.41) is 19.1. The van der Waals surface area contributed by atoms with Crippen LogP contribution in [0.25, 0.3) is 0 Å². The van der Waals surface area contributed by atoms with Crippen LogP contribution in [0.4, 0.5) is 5.69 Å². The zero-order chi connectivity index (χ0) is 13.2. The summed E-state index contributed by atoms with van der Waals surface area (Å²) in [4.78, 5) is 12.3. The van der Waals surface area contributed by atoms with Gasteiger partial charge in [-0.15, -0.1) is 0 Å². The largest absolute Gasteiger partial charge is 0.322 e. The van der Waals surface area contributed by atoms with Crippen LogP contribution in [0.15, 0.2) is 0 Å². The maximum absolute atomic E-state index is 12.3. The summed E-state index contributed by atoms with van der Waals surface area (Å²) in [5.41, 5.74) is 1.43. The van der Waals surface area contributed by atoms with Crippen LogP contribution in [-0.2, 0) is 4.79 Å². The number of nitrogens with one attached hydrogen (secondary N) is 2.